The fourth-order valence-electron chi connectivity index (χ4n) is 1.49. The molecule has 0 atom stereocenters. The summed E-state index contributed by atoms with van der Waals surface area (Å²) in [5, 5.41) is 0. The molecule has 0 aliphatic heterocycles. The Bertz CT molecular complexity index is 232. The van der Waals surface area contributed by atoms with E-state index in [0.29, 0.717) is 0 Å². The summed E-state index contributed by atoms with van der Waals surface area (Å²) >= 11 is 0. The first-order chi connectivity index (χ1) is 5.77. The Morgan fingerprint density at radius 2 is 0.786 bits per heavy atom. The summed E-state index contributed by atoms with van der Waals surface area (Å²) < 4.78 is 0. The molecule has 0 spiro atoms. The Hall–Kier alpha value is -0.216. The monoisotopic (exact) mass is 273 g/mol. The molecule has 0 rings (SSSR count). The van der Waals surface area contributed by atoms with Gasteiger partial charge in [-0.25, -0.2) is 0 Å². The van der Waals surface area contributed by atoms with Gasteiger partial charge in [0.05, 0.1) is 0 Å². The second-order valence-corrected chi connectivity index (χ2v) is 2.97. The van der Waals surface area contributed by atoms with Crippen LogP contribution in [0.5, 0.6) is 0 Å². The molecule has 0 aromatic carbocycles. The van der Waals surface area contributed by atoms with Gasteiger partial charge in [0.1, 0.15) is 0 Å². The Kier molecular flexibility index (Phi) is 6.50. The van der Waals surface area contributed by atoms with Crippen LogP contribution in [-0.2, 0) is 51.9 Å². The first-order valence-corrected chi connectivity index (χ1v) is 3.82. The summed E-state index contributed by atoms with van der Waals surface area (Å²) in [4.78, 5) is 44.5. The molecule has 0 bridgehead atoms. The van der Waals surface area contributed by atoms with Gasteiger partial charge in [-0.1, -0.05) is 0 Å². The van der Waals surface area contributed by atoms with Gasteiger partial charge in [-0.3, -0.25) is 19.2 Å². The van der Waals surface area contributed by atoms with Gasteiger partial charge >= 0.3 is 0 Å². The van der Waals surface area contributed by atoms with Crippen molar-refractivity contribution >= 4 is 23.1 Å². The molecule has 75 valence electrons. The molecule has 0 heterocycles. The molecule has 4 nitrogen and oxygen atoms in total. The SMILES string of the molecule is CC(=O)C(C(C)=O)(C(C)=O)C(C)=O.[Y]. The van der Waals surface area contributed by atoms with Crippen LogP contribution < -0.4 is 0 Å². The van der Waals surface area contributed by atoms with E-state index in [1.807, 2.05) is 0 Å². The molecule has 0 aliphatic rings. The zero-order chi connectivity index (χ0) is 10.8. The molecular formula is C9H12O4Y. The van der Waals surface area contributed by atoms with Gasteiger partial charge in [0, 0.05) is 32.7 Å². The quantitative estimate of drug-likeness (QED) is 0.692. The number of ketones is 4. The molecule has 0 fully saturated rings. The van der Waals surface area contributed by atoms with E-state index in [1.165, 1.54) is 0 Å². The third-order valence-corrected chi connectivity index (χ3v) is 2.11. The van der Waals surface area contributed by atoms with Crippen molar-refractivity contribution in [2.75, 3.05) is 0 Å². The molecule has 0 aromatic heterocycles. The summed E-state index contributed by atoms with van der Waals surface area (Å²) in [7, 11) is 0. The summed E-state index contributed by atoms with van der Waals surface area (Å²) in [6, 6.07) is 0. The van der Waals surface area contributed by atoms with Crippen LogP contribution >= 0.6 is 0 Å². The average molecular weight is 273 g/mol. The summed E-state index contributed by atoms with van der Waals surface area (Å²) in [5.74, 6) is -2.83. The van der Waals surface area contributed by atoms with Crippen LogP contribution in [0, 0.1) is 5.41 Å². The second-order valence-electron chi connectivity index (χ2n) is 2.97. The maximum Gasteiger partial charge on any atom is 0.202 e. The van der Waals surface area contributed by atoms with Gasteiger partial charge in [-0.15, -0.1) is 0 Å². The molecule has 0 aromatic rings. The Morgan fingerprint density at radius 1 is 0.643 bits per heavy atom. The van der Waals surface area contributed by atoms with E-state index in [0.717, 1.165) is 27.7 Å². The molecule has 1 radical (unpaired) electrons. The van der Waals surface area contributed by atoms with Gasteiger partial charge in [0.25, 0.3) is 0 Å². The van der Waals surface area contributed by atoms with Crippen molar-refractivity contribution < 1.29 is 51.9 Å². The van der Waals surface area contributed by atoms with Gasteiger partial charge in [0.2, 0.25) is 5.41 Å². The van der Waals surface area contributed by atoms with Crippen molar-refractivity contribution in [1.82, 2.24) is 0 Å². The van der Waals surface area contributed by atoms with E-state index in [2.05, 4.69) is 0 Å². The number of carbonyl (C=O) groups is 4. The van der Waals surface area contributed by atoms with E-state index in [4.69, 9.17) is 0 Å². The predicted molar refractivity (Wildman–Crippen MR) is 45.2 cm³/mol. The molecule has 0 saturated carbocycles. The van der Waals surface area contributed by atoms with E-state index >= 15 is 0 Å². The molecule has 0 saturated heterocycles. The molecule has 5 heteroatoms. The normalized spacial score (nSPS) is 10.0. The van der Waals surface area contributed by atoms with Crippen molar-refractivity contribution in [1.29, 1.82) is 0 Å². The van der Waals surface area contributed by atoms with Crippen molar-refractivity contribution in [3.05, 3.63) is 0 Å². The number of Topliss-reactive ketones (excluding diaryl/α,β-unsaturated/α-hetero) is 4. The van der Waals surface area contributed by atoms with Crippen LogP contribution in [0.1, 0.15) is 27.7 Å². The Balaban J connectivity index is 0. The standard InChI is InChI=1S/C9H12O4.Y/c1-5(10)9(6(2)11,7(3)12)8(4)13;/h1-4H3;. The van der Waals surface area contributed by atoms with E-state index in [9.17, 15) is 19.2 Å². The number of carbonyl (C=O) groups excluding carboxylic acids is 4. The largest absolute Gasteiger partial charge is 0.298 e. The first-order valence-electron chi connectivity index (χ1n) is 3.82. The minimum absolute atomic E-state index is 0. The van der Waals surface area contributed by atoms with Crippen LogP contribution in [0.4, 0.5) is 0 Å². The van der Waals surface area contributed by atoms with Gasteiger partial charge in [0.15, 0.2) is 23.1 Å². The van der Waals surface area contributed by atoms with Crippen LogP contribution in [0.25, 0.3) is 0 Å². The summed E-state index contributed by atoms with van der Waals surface area (Å²) in [5.41, 5.74) is -2.06. The number of hydrogen-bond acceptors (Lipinski definition) is 4. The zero-order valence-electron chi connectivity index (χ0n) is 8.71. The summed E-state index contributed by atoms with van der Waals surface area (Å²) in [6.07, 6.45) is 0. The van der Waals surface area contributed by atoms with Crippen molar-refractivity contribution in [2.45, 2.75) is 27.7 Å². The minimum atomic E-state index is -2.06. The van der Waals surface area contributed by atoms with Crippen molar-refractivity contribution in [3.8, 4) is 0 Å². The Morgan fingerprint density at radius 3 is 0.786 bits per heavy atom. The van der Waals surface area contributed by atoms with Gasteiger partial charge in [-0.2, -0.15) is 0 Å². The van der Waals surface area contributed by atoms with E-state index in [1.54, 1.807) is 0 Å². The molecule has 0 amide bonds. The van der Waals surface area contributed by atoms with Crippen molar-refractivity contribution in [2.24, 2.45) is 5.41 Å². The first kappa shape index (κ1) is 16.2. The van der Waals surface area contributed by atoms with Gasteiger partial charge in [-0.05, 0) is 27.7 Å². The van der Waals surface area contributed by atoms with Crippen LogP contribution in [0.3, 0.4) is 0 Å². The number of hydrogen-bond donors (Lipinski definition) is 0. The molecule has 14 heavy (non-hydrogen) atoms. The topological polar surface area (TPSA) is 68.3 Å². The maximum atomic E-state index is 11.1. The van der Waals surface area contributed by atoms with Crippen molar-refractivity contribution in [3.63, 3.8) is 0 Å². The smallest absolute Gasteiger partial charge is 0.202 e. The number of rotatable bonds is 4. The Labute approximate surface area is 108 Å². The molecule has 0 N–H and O–H groups in total. The molecule has 0 unspecified atom stereocenters. The third-order valence-electron chi connectivity index (χ3n) is 2.11. The maximum absolute atomic E-state index is 11.1. The van der Waals surface area contributed by atoms with E-state index in [-0.39, 0.29) is 32.7 Å². The molecular weight excluding hydrogens is 261 g/mol. The van der Waals surface area contributed by atoms with E-state index < -0.39 is 28.5 Å². The fraction of sp³-hybridized carbons (Fsp3) is 0.556. The minimum Gasteiger partial charge on any atom is -0.298 e. The predicted octanol–water partition coefficient (Wildman–Crippen LogP) is 0.326. The fourth-order valence-corrected chi connectivity index (χ4v) is 1.49. The summed E-state index contributed by atoms with van der Waals surface area (Å²) in [6.45, 7) is 4.29. The van der Waals surface area contributed by atoms with Crippen LogP contribution in [-0.4, -0.2) is 23.1 Å². The van der Waals surface area contributed by atoms with Crippen LogP contribution in [0.15, 0.2) is 0 Å². The molecule has 0 aliphatic carbocycles. The zero-order valence-corrected chi connectivity index (χ0v) is 11.5. The van der Waals surface area contributed by atoms with Gasteiger partial charge < -0.3 is 0 Å². The van der Waals surface area contributed by atoms with Crippen LogP contribution in [0.2, 0.25) is 0 Å². The second kappa shape index (κ2) is 5.61. The third kappa shape index (κ3) is 2.42. The average Bonchev–Trinajstić information content (AvgIpc) is 1.82.